The number of allylic oxidation sites excluding steroid dienone is 1. The predicted octanol–water partition coefficient (Wildman–Crippen LogP) is 5.11. The Balaban J connectivity index is 1.61. The van der Waals surface area contributed by atoms with Gasteiger partial charge in [-0.3, -0.25) is 4.79 Å². The lowest BCUT2D eigenvalue weighted by Crippen LogP contribution is -2.41. The van der Waals surface area contributed by atoms with E-state index in [1.807, 2.05) is 0 Å². The van der Waals surface area contributed by atoms with Crippen molar-refractivity contribution in [2.75, 3.05) is 6.54 Å². The maximum absolute atomic E-state index is 12.6. The zero-order valence-electron chi connectivity index (χ0n) is 17.5. The molecule has 1 saturated heterocycles. The number of nitrogens with one attached hydrogen (secondary N) is 1. The molecule has 3 nitrogen and oxygen atoms in total. The van der Waals surface area contributed by atoms with Crippen molar-refractivity contribution in [2.45, 2.75) is 91.7 Å². The quantitative estimate of drug-likeness (QED) is 0.506. The van der Waals surface area contributed by atoms with E-state index in [1.165, 1.54) is 38.5 Å². The number of rotatable bonds is 7. The molecule has 0 bridgehead atoms. The molecule has 0 aromatic rings. The summed E-state index contributed by atoms with van der Waals surface area (Å²) >= 11 is 0. The first-order valence-corrected chi connectivity index (χ1v) is 11.0. The van der Waals surface area contributed by atoms with Crippen molar-refractivity contribution in [2.24, 2.45) is 29.1 Å². The second-order valence-corrected chi connectivity index (χ2v) is 9.97. The molecule has 0 spiro atoms. The van der Waals surface area contributed by atoms with Crippen LogP contribution in [0.3, 0.4) is 0 Å². The van der Waals surface area contributed by atoms with Gasteiger partial charge in [-0.05, 0) is 49.9 Å². The third-order valence-corrected chi connectivity index (χ3v) is 7.19. The van der Waals surface area contributed by atoms with Crippen LogP contribution in [0.5, 0.6) is 0 Å². The van der Waals surface area contributed by atoms with Gasteiger partial charge in [-0.1, -0.05) is 58.6 Å². The van der Waals surface area contributed by atoms with Crippen LogP contribution in [0.25, 0.3) is 0 Å². The molecule has 26 heavy (non-hydrogen) atoms. The molecule has 0 radical (unpaired) electrons. The number of hydrogen-bond donors (Lipinski definition) is 1. The molecule has 2 fully saturated rings. The Kier molecular flexibility index (Phi) is 6.16. The minimum Gasteiger partial charge on any atom is -0.461 e. The third-order valence-electron chi connectivity index (χ3n) is 7.19. The van der Waals surface area contributed by atoms with Gasteiger partial charge in [-0.25, -0.2) is 0 Å². The number of carbonyl (C=O) groups is 1. The molecule has 3 heteroatoms. The number of carbonyl (C=O) groups excluding carboxylic acids is 1. The number of esters is 1. The minimum atomic E-state index is -0.00118. The van der Waals surface area contributed by atoms with Crippen LogP contribution in [0.2, 0.25) is 0 Å². The van der Waals surface area contributed by atoms with Crippen LogP contribution in [0.15, 0.2) is 11.6 Å². The monoisotopic (exact) mass is 361 g/mol. The lowest BCUT2D eigenvalue weighted by atomic mass is 9.59. The molecule has 1 heterocycles. The maximum Gasteiger partial charge on any atom is 0.311 e. The average molecular weight is 362 g/mol. The molecule has 1 N–H and O–H groups in total. The van der Waals surface area contributed by atoms with Gasteiger partial charge in [-0.15, -0.1) is 0 Å². The molecule has 0 amide bonds. The first-order valence-electron chi connectivity index (χ1n) is 11.0. The lowest BCUT2D eigenvalue weighted by Gasteiger charge is -2.46. The summed E-state index contributed by atoms with van der Waals surface area (Å²) < 4.78 is 5.85. The van der Waals surface area contributed by atoms with E-state index < -0.39 is 0 Å². The van der Waals surface area contributed by atoms with E-state index in [0.29, 0.717) is 12.0 Å². The van der Waals surface area contributed by atoms with Gasteiger partial charge in [0.15, 0.2) is 0 Å². The molecule has 0 unspecified atom stereocenters. The summed E-state index contributed by atoms with van der Waals surface area (Å²) in [6, 6.07) is 0.468. The topological polar surface area (TPSA) is 38.3 Å². The van der Waals surface area contributed by atoms with Crippen LogP contribution in [0.4, 0.5) is 0 Å². The summed E-state index contributed by atoms with van der Waals surface area (Å²) in [6.45, 7) is 12.3. The van der Waals surface area contributed by atoms with Crippen LogP contribution in [0.1, 0.15) is 79.6 Å². The van der Waals surface area contributed by atoms with E-state index >= 15 is 0 Å². The predicted molar refractivity (Wildman–Crippen MR) is 107 cm³/mol. The van der Waals surface area contributed by atoms with Crippen LogP contribution >= 0.6 is 0 Å². The second kappa shape index (κ2) is 8.04. The molecule has 3 rings (SSSR count). The first kappa shape index (κ1) is 19.9. The van der Waals surface area contributed by atoms with Crippen molar-refractivity contribution in [3.8, 4) is 0 Å². The van der Waals surface area contributed by atoms with E-state index in [1.54, 1.807) is 5.57 Å². The van der Waals surface area contributed by atoms with Crippen molar-refractivity contribution in [1.29, 1.82) is 0 Å². The highest BCUT2D eigenvalue weighted by Gasteiger charge is 2.51. The molecule has 2 aliphatic carbocycles. The van der Waals surface area contributed by atoms with Gasteiger partial charge >= 0.3 is 5.97 Å². The lowest BCUT2D eigenvalue weighted by molar-refractivity contribution is -0.145. The standard InChI is InChI=1S/C23H39NO2/c1-15(2)8-6-10-17(4)24-14-19-18-12-20-16(3)9-7-11-23(20,5)13-21(18)26-22(19)25/h12,15-19,21,24H,6-11,13-14H2,1-5H3/t16-,17+,18+,19+,21+,23+/m0/s1. The molecule has 3 aliphatic rings. The largest absolute Gasteiger partial charge is 0.461 e. The number of hydrogen-bond acceptors (Lipinski definition) is 3. The van der Waals surface area contributed by atoms with E-state index in [9.17, 15) is 4.79 Å². The molecule has 0 aromatic heterocycles. The van der Waals surface area contributed by atoms with E-state index in [2.05, 4.69) is 46.0 Å². The van der Waals surface area contributed by atoms with Gasteiger partial charge in [0.25, 0.3) is 0 Å². The number of fused-ring (bicyclic) bond motifs is 2. The second-order valence-electron chi connectivity index (χ2n) is 9.97. The highest BCUT2D eigenvalue weighted by Crippen LogP contribution is 2.53. The average Bonchev–Trinajstić information content (AvgIpc) is 2.84. The Morgan fingerprint density at radius 2 is 2.08 bits per heavy atom. The van der Waals surface area contributed by atoms with Crippen LogP contribution in [-0.4, -0.2) is 24.7 Å². The summed E-state index contributed by atoms with van der Waals surface area (Å²) in [5, 5.41) is 3.62. The fourth-order valence-corrected chi connectivity index (χ4v) is 5.54. The van der Waals surface area contributed by atoms with E-state index in [4.69, 9.17) is 4.74 Å². The first-order chi connectivity index (χ1) is 12.3. The summed E-state index contributed by atoms with van der Waals surface area (Å²) in [5.74, 6) is 1.73. The fourth-order valence-electron chi connectivity index (χ4n) is 5.54. The zero-order chi connectivity index (χ0) is 18.9. The Hall–Kier alpha value is -0.830. The highest BCUT2D eigenvalue weighted by atomic mass is 16.6. The molecular weight excluding hydrogens is 322 g/mol. The van der Waals surface area contributed by atoms with Gasteiger partial charge in [-0.2, -0.15) is 0 Å². The minimum absolute atomic E-state index is 0.00118. The van der Waals surface area contributed by atoms with Gasteiger partial charge in [0.1, 0.15) is 6.10 Å². The van der Waals surface area contributed by atoms with Crippen molar-refractivity contribution < 1.29 is 9.53 Å². The highest BCUT2D eigenvalue weighted by molar-refractivity contribution is 5.76. The molecule has 6 atom stereocenters. The Morgan fingerprint density at radius 1 is 1.31 bits per heavy atom. The molecule has 0 aromatic carbocycles. The molecule has 1 aliphatic heterocycles. The fraction of sp³-hybridized carbons (Fsp3) is 0.870. The maximum atomic E-state index is 12.6. The van der Waals surface area contributed by atoms with Gasteiger partial charge in [0, 0.05) is 18.5 Å². The molecule has 1 saturated carbocycles. The van der Waals surface area contributed by atoms with Gasteiger partial charge in [0.05, 0.1) is 5.92 Å². The third kappa shape index (κ3) is 4.18. The van der Waals surface area contributed by atoms with Crippen molar-refractivity contribution in [3.63, 3.8) is 0 Å². The summed E-state index contributed by atoms with van der Waals surface area (Å²) in [7, 11) is 0. The molecule has 148 valence electrons. The summed E-state index contributed by atoms with van der Waals surface area (Å²) in [5.41, 5.74) is 1.87. The van der Waals surface area contributed by atoms with Gasteiger partial charge < -0.3 is 10.1 Å². The van der Waals surface area contributed by atoms with Crippen molar-refractivity contribution in [3.05, 3.63) is 11.6 Å². The Bertz CT molecular complexity index is 540. The molecular formula is C23H39NO2. The summed E-state index contributed by atoms with van der Waals surface area (Å²) in [4.78, 5) is 12.6. The van der Waals surface area contributed by atoms with Gasteiger partial charge in [0.2, 0.25) is 0 Å². The SMILES string of the molecule is CC(C)CCC[C@@H](C)NC[C@H]1C(=O)O[C@@H]2C[C@@]3(C)CCC[C@H](C)C3=C[C@@H]21. The smallest absolute Gasteiger partial charge is 0.311 e. The van der Waals surface area contributed by atoms with Crippen molar-refractivity contribution in [1.82, 2.24) is 5.32 Å². The van der Waals surface area contributed by atoms with E-state index in [0.717, 1.165) is 18.9 Å². The van der Waals surface area contributed by atoms with Crippen molar-refractivity contribution >= 4 is 5.97 Å². The number of ether oxygens (including phenoxy) is 1. The Labute approximate surface area is 160 Å². The van der Waals surface area contributed by atoms with E-state index in [-0.39, 0.29) is 29.3 Å². The van der Waals surface area contributed by atoms with Crippen LogP contribution in [-0.2, 0) is 9.53 Å². The van der Waals surface area contributed by atoms with Crippen LogP contribution in [0, 0.1) is 29.1 Å². The van der Waals surface area contributed by atoms with Crippen LogP contribution < -0.4 is 5.32 Å². The Morgan fingerprint density at radius 3 is 2.81 bits per heavy atom. The zero-order valence-corrected chi connectivity index (χ0v) is 17.5. The summed E-state index contributed by atoms with van der Waals surface area (Å²) in [6.07, 6.45) is 11.2. The normalized spacial score (nSPS) is 37.8.